The van der Waals surface area contributed by atoms with E-state index in [9.17, 15) is 14.7 Å². The van der Waals surface area contributed by atoms with Crippen LogP contribution in [0.4, 0.5) is 10.7 Å². The number of oxazole rings is 1. The highest BCUT2D eigenvalue weighted by Crippen LogP contribution is 2.48. The molecule has 1 amide bonds. The van der Waals surface area contributed by atoms with Crippen LogP contribution in [0.25, 0.3) is 22.4 Å². The Labute approximate surface area is 206 Å². The molecule has 0 saturated heterocycles. The van der Waals surface area contributed by atoms with Crippen molar-refractivity contribution < 1.29 is 23.8 Å². The average Bonchev–Trinajstić information content (AvgIpc) is 3.57. The molecule has 4 aromatic rings. The summed E-state index contributed by atoms with van der Waals surface area (Å²) in [6, 6.07) is 22.4. The minimum absolute atomic E-state index is 0.0239. The summed E-state index contributed by atoms with van der Waals surface area (Å²) in [5.74, 6) is -0.589. The van der Waals surface area contributed by atoms with Crippen molar-refractivity contribution in [2.45, 2.75) is 24.9 Å². The summed E-state index contributed by atoms with van der Waals surface area (Å²) in [6.45, 7) is 0.0239. The van der Waals surface area contributed by atoms with E-state index in [0.29, 0.717) is 29.1 Å². The van der Waals surface area contributed by atoms with Crippen molar-refractivity contribution in [3.63, 3.8) is 0 Å². The Morgan fingerprint density at radius 2 is 1.60 bits per heavy atom. The lowest BCUT2D eigenvalue weighted by molar-refractivity contribution is -0.140. The standard InChI is InChI=1S/C27H21ClN2O5/c28-22-4-2-1-3-20(22)15-34-26(33)30-24-23(29-16-35-24)19-7-5-17(6-8-19)18-9-11-21(12-10-18)27(13-14-27)25(31)32/h1-12,16H,13-15H2,(H,30,33)(H,31,32). The number of nitrogens with one attached hydrogen (secondary N) is 1. The van der Waals surface area contributed by atoms with Crippen molar-refractivity contribution in [1.82, 2.24) is 4.98 Å². The number of halogens is 1. The smallest absolute Gasteiger partial charge is 0.414 e. The number of carboxylic acid groups (broad SMARTS) is 1. The lowest BCUT2D eigenvalue weighted by atomic mass is 9.93. The number of carboxylic acids is 1. The first-order chi connectivity index (χ1) is 17.0. The molecule has 0 unspecified atom stereocenters. The number of amides is 1. The minimum Gasteiger partial charge on any atom is -0.481 e. The van der Waals surface area contributed by atoms with Crippen molar-refractivity contribution in [1.29, 1.82) is 0 Å². The summed E-state index contributed by atoms with van der Waals surface area (Å²) in [4.78, 5) is 28.0. The van der Waals surface area contributed by atoms with Crippen LogP contribution in [0.1, 0.15) is 24.0 Å². The van der Waals surface area contributed by atoms with Gasteiger partial charge in [-0.3, -0.25) is 10.1 Å². The van der Waals surface area contributed by atoms with Crippen LogP contribution >= 0.6 is 11.6 Å². The molecule has 1 aromatic heterocycles. The normalized spacial score (nSPS) is 13.7. The molecule has 0 spiro atoms. The lowest BCUT2D eigenvalue weighted by Gasteiger charge is -2.11. The first-order valence-electron chi connectivity index (χ1n) is 11.0. The van der Waals surface area contributed by atoms with Crippen LogP contribution in [-0.4, -0.2) is 22.2 Å². The van der Waals surface area contributed by atoms with Gasteiger partial charge < -0.3 is 14.3 Å². The van der Waals surface area contributed by atoms with Crippen LogP contribution in [-0.2, 0) is 21.6 Å². The number of benzene rings is 3. The molecule has 1 fully saturated rings. The van der Waals surface area contributed by atoms with Gasteiger partial charge in [0.05, 0.1) is 5.41 Å². The summed E-state index contributed by atoms with van der Waals surface area (Å²) in [5, 5.41) is 12.6. The molecule has 176 valence electrons. The summed E-state index contributed by atoms with van der Waals surface area (Å²) in [6.07, 6.45) is 1.92. The zero-order valence-electron chi connectivity index (χ0n) is 18.5. The molecule has 35 heavy (non-hydrogen) atoms. The van der Waals surface area contributed by atoms with E-state index in [1.165, 1.54) is 6.39 Å². The molecule has 1 heterocycles. The third kappa shape index (κ3) is 4.63. The maximum atomic E-state index is 12.3. The third-order valence-corrected chi connectivity index (χ3v) is 6.56. The number of ether oxygens (including phenoxy) is 1. The Hall–Kier alpha value is -4.10. The number of hydrogen-bond donors (Lipinski definition) is 2. The number of carbonyl (C=O) groups is 2. The largest absolute Gasteiger partial charge is 0.481 e. The zero-order valence-corrected chi connectivity index (χ0v) is 19.3. The number of rotatable bonds is 7. The fraction of sp³-hybridized carbons (Fsp3) is 0.148. The van der Waals surface area contributed by atoms with E-state index in [0.717, 1.165) is 22.3 Å². The van der Waals surface area contributed by atoms with E-state index in [4.69, 9.17) is 20.8 Å². The van der Waals surface area contributed by atoms with Crippen LogP contribution < -0.4 is 5.32 Å². The van der Waals surface area contributed by atoms with Gasteiger partial charge in [-0.15, -0.1) is 0 Å². The van der Waals surface area contributed by atoms with Crippen molar-refractivity contribution in [2.75, 3.05) is 5.32 Å². The number of hydrogen-bond acceptors (Lipinski definition) is 5. The van der Waals surface area contributed by atoms with E-state index in [1.807, 2.05) is 54.6 Å². The van der Waals surface area contributed by atoms with E-state index in [1.54, 1.807) is 18.2 Å². The summed E-state index contributed by atoms with van der Waals surface area (Å²) in [7, 11) is 0. The van der Waals surface area contributed by atoms with Gasteiger partial charge in [0.25, 0.3) is 0 Å². The van der Waals surface area contributed by atoms with Crippen LogP contribution in [0.3, 0.4) is 0 Å². The molecule has 1 saturated carbocycles. The van der Waals surface area contributed by atoms with E-state index >= 15 is 0 Å². The molecule has 2 N–H and O–H groups in total. The van der Waals surface area contributed by atoms with Crippen LogP contribution in [0, 0.1) is 0 Å². The molecule has 0 atom stereocenters. The Kier molecular flexibility index (Phi) is 6.01. The summed E-state index contributed by atoms with van der Waals surface area (Å²) >= 11 is 6.09. The van der Waals surface area contributed by atoms with Crippen LogP contribution in [0.2, 0.25) is 5.02 Å². The predicted molar refractivity (Wildman–Crippen MR) is 131 cm³/mol. The van der Waals surface area contributed by atoms with Crippen molar-refractivity contribution in [2.24, 2.45) is 0 Å². The highest BCUT2D eigenvalue weighted by molar-refractivity contribution is 6.31. The van der Waals surface area contributed by atoms with E-state index < -0.39 is 17.5 Å². The molecule has 1 aliphatic carbocycles. The fourth-order valence-corrected chi connectivity index (χ4v) is 4.17. The molecule has 3 aromatic carbocycles. The van der Waals surface area contributed by atoms with Crippen molar-refractivity contribution >= 4 is 29.5 Å². The van der Waals surface area contributed by atoms with Crippen LogP contribution in [0.15, 0.2) is 83.6 Å². The number of aliphatic carboxylic acids is 1. The first kappa shape index (κ1) is 22.7. The first-order valence-corrected chi connectivity index (χ1v) is 11.4. The second kappa shape index (κ2) is 9.27. The van der Waals surface area contributed by atoms with Gasteiger partial charge in [-0.1, -0.05) is 78.3 Å². The average molecular weight is 489 g/mol. The Balaban J connectivity index is 1.26. The predicted octanol–water partition coefficient (Wildman–Crippen LogP) is 6.53. The molecule has 1 aliphatic rings. The van der Waals surface area contributed by atoms with Gasteiger partial charge in [-0.25, -0.2) is 9.78 Å². The Morgan fingerprint density at radius 1 is 0.971 bits per heavy atom. The van der Waals surface area contributed by atoms with Gasteiger partial charge in [0.2, 0.25) is 5.88 Å². The maximum Gasteiger partial charge on any atom is 0.414 e. The minimum atomic E-state index is -0.764. The number of nitrogens with zero attached hydrogens (tertiary/aromatic N) is 1. The Morgan fingerprint density at radius 3 is 2.23 bits per heavy atom. The molecule has 0 bridgehead atoms. The molecule has 7 nitrogen and oxygen atoms in total. The molecular formula is C27H21ClN2O5. The molecule has 8 heteroatoms. The molecule has 5 rings (SSSR count). The summed E-state index contributed by atoms with van der Waals surface area (Å²) in [5.41, 5.74) is 3.99. The van der Waals surface area contributed by atoms with Crippen LogP contribution in [0.5, 0.6) is 0 Å². The zero-order chi connectivity index (χ0) is 24.4. The van der Waals surface area contributed by atoms with Gasteiger partial charge in [0, 0.05) is 16.1 Å². The third-order valence-electron chi connectivity index (χ3n) is 6.19. The molecule has 0 radical (unpaired) electrons. The topological polar surface area (TPSA) is 102 Å². The van der Waals surface area contributed by atoms with Gasteiger partial charge in [-0.2, -0.15) is 0 Å². The van der Waals surface area contributed by atoms with Gasteiger partial charge in [0.15, 0.2) is 6.39 Å². The molecule has 0 aliphatic heterocycles. The highest BCUT2D eigenvalue weighted by atomic mass is 35.5. The van der Waals surface area contributed by atoms with Crippen molar-refractivity contribution in [3.8, 4) is 22.4 Å². The summed E-state index contributed by atoms with van der Waals surface area (Å²) < 4.78 is 10.6. The fourth-order valence-electron chi connectivity index (χ4n) is 3.98. The SMILES string of the molecule is O=C(Nc1ocnc1-c1ccc(-c2ccc(C3(C(=O)O)CC3)cc2)cc1)OCc1ccccc1Cl. The van der Waals surface area contributed by atoms with Crippen molar-refractivity contribution in [3.05, 3.63) is 95.3 Å². The molecular weight excluding hydrogens is 468 g/mol. The quantitative estimate of drug-likeness (QED) is 0.307. The second-order valence-electron chi connectivity index (χ2n) is 8.36. The van der Waals surface area contributed by atoms with Gasteiger partial charge in [0.1, 0.15) is 12.3 Å². The van der Waals surface area contributed by atoms with Gasteiger partial charge in [-0.05, 0) is 35.6 Å². The lowest BCUT2D eigenvalue weighted by Crippen LogP contribution is -2.19. The second-order valence-corrected chi connectivity index (χ2v) is 8.77. The number of anilines is 1. The van der Waals surface area contributed by atoms with E-state index in [-0.39, 0.29) is 12.5 Å². The highest BCUT2D eigenvalue weighted by Gasteiger charge is 2.51. The monoisotopic (exact) mass is 488 g/mol. The Bertz CT molecular complexity index is 1380. The maximum absolute atomic E-state index is 12.3. The van der Waals surface area contributed by atoms with E-state index in [2.05, 4.69) is 10.3 Å². The number of carbonyl (C=O) groups excluding carboxylic acids is 1. The van der Waals surface area contributed by atoms with Gasteiger partial charge >= 0.3 is 12.1 Å². The number of aromatic nitrogens is 1.